The fraction of sp³-hybridized carbons (Fsp3) is 1.00. The lowest BCUT2D eigenvalue weighted by atomic mass is 11.3. The van der Waals surface area contributed by atoms with Crippen molar-refractivity contribution in [3.8, 4) is 0 Å². The highest BCUT2D eigenvalue weighted by Gasteiger charge is 2.24. The van der Waals surface area contributed by atoms with Crippen LogP contribution in [-0.4, -0.2) is 28.6 Å². The maximum absolute atomic E-state index is 10.6. The molecule has 11 heavy (non-hydrogen) atoms. The van der Waals surface area contributed by atoms with E-state index in [4.69, 9.17) is 9.79 Å². The van der Waals surface area contributed by atoms with E-state index < -0.39 is 16.0 Å². The minimum atomic E-state index is -4.00. The number of nitrogens with zero attached hydrogens (tertiary/aromatic N) is 1. The van der Waals surface area contributed by atoms with Crippen LogP contribution in [0.2, 0.25) is 0 Å². The molecule has 0 aliphatic carbocycles. The SMILES string of the molecule is C.CN(C)P(=O)(O)O[PH](=O)O. The predicted molar refractivity (Wildman–Crippen MR) is 42.5 cm³/mol. The van der Waals surface area contributed by atoms with Crippen LogP contribution in [0.1, 0.15) is 7.43 Å². The van der Waals surface area contributed by atoms with Crippen LogP contribution in [0, 0.1) is 0 Å². The van der Waals surface area contributed by atoms with Gasteiger partial charge in [0.25, 0.3) is 0 Å². The summed E-state index contributed by atoms with van der Waals surface area (Å²) in [6.07, 6.45) is 0. The van der Waals surface area contributed by atoms with Gasteiger partial charge in [0, 0.05) is 0 Å². The van der Waals surface area contributed by atoms with Crippen LogP contribution >= 0.6 is 16.0 Å². The number of rotatable bonds is 3. The van der Waals surface area contributed by atoms with Crippen molar-refractivity contribution in [3.05, 3.63) is 0 Å². The Bertz CT molecular complexity index is 181. The minimum Gasteiger partial charge on any atom is -0.326 e. The smallest absolute Gasteiger partial charge is 0.326 e. The second-order valence-electron chi connectivity index (χ2n) is 1.69. The highest BCUT2D eigenvalue weighted by molar-refractivity contribution is 7.57. The first-order valence-electron chi connectivity index (χ1n) is 2.29. The molecule has 0 saturated carbocycles. The van der Waals surface area contributed by atoms with Crippen molar-refractivity contribution in [2.24, 2.45) is 0 Å². The standard InChI is InChI=1S/C2H9NO5P2.CH4/c1-3(2)10(6,7)8-9(4)5;/h9H,1-2H3,(H,4,5)(H,6,7);1H4. The summed E-state index contributed by atoms with van der Waals surface area (Å²) in [4.78, 5) is 16.8. The Labute approximate surface area is 66.3 Å². The molecule has 0 heterocycles. The first kappa shape index (κ1) is 13.9. The van der Waals surface area contributed by atoms with Gasteiger partial charge in [0.05, 0.1) is 0 Å². The van der Waals surface area contributed by atoms with E-state index in [2.05, 4.69) is 4.31 Å². The zero-order valence-electron chi connectivity index (χ0n) is 5.51. The molecule has 0 amide bonds. The molecule has 0 aliphatic rings. The van der Waals surface area contributed by atoms with E-state index in [1.165, 1.54) is 14.1 Å². The Kier molecular flexibility index (Phi) is 6.35. The van der Waals surface area contributed by atoms with E-state index in [0.29, 0.717) is 0 Å². The monoisotopic (exact) mass is 205 g/mol. The third kappa shape index (κ3) is 5.56. The zero-order valence-corrected chi connectivity index (χ0v) is 7.41. The van der Waals surface area contributed by atoms with Crippen LogP contribution in [-0.2, 0) is 13.4 Å². The van der Waals surface area contributed by atoms with Gasteiger partial charge in [0.1, 0.15) is 0 Å². The molecule has 0 aliphatic heterocycles. The summed E-state index contributed by atoms with van der Waals surface area (Å²) in [5.41, 5.74) is 0. The first-order valence-corrected chi connectivity index (χ1v) is 5.09. The quantitative estimate of drug-likeness (QED) is 0.659. The van der Waals surface area contributed by atoms with E-state index >= 15 is 0 Å². The largest absolute Gasteiger partial charge is 0.412 e. The van der Waals surface area contributed by atoms with Crippen molar-refractivity contribution < 1.29 is 23.2 Å². The lowest BCUT2D eigenvalue weighted by Crippen LogP contribution is -2.07. The second kappa shape index (κ2) is 5.04. The molecule has 6 nitrogen and oxygen atoms in total. The summed E-state index contributed by atoms with van der Waals surface area (Å²) in [5, 5.41) is 0. The summed E-state index contributed by atoms with van der Waals surface area (Å²) in [6.45, 7) is 0. The number of hydrogen-bond acceptors (Lipinski definition) is 3. The van der Waals surface area contributed by atoms with Crippen molar-refractivity contribution in [2.45, 2.75) is 7.43 Å². The molecule has 0 rings (SSSR count). The van der Waals surface area contributed by atoms with Crippen molar-refractivity contribution in [1.29, 1.82) is 0 Å². The maximum atomic E-state index is 10.6. The summed E-state index contributed by atoms with van der Waals surface area (Å²) in [5.74, 6) is 0. The third-order valence-corrected chi connectivity index (χ3v) is 3.29. The van der Waals surface area contributed by atoms with Crippen LogP contribution < -0.4 is 0 Å². The van der Waals surface area contributed by atoms with Gasteiger partial charge < -0.3 is 9.79 Å². The van der Waals surface area contributed by atoms with Crippen molar-refractivity contribution in [2.75, 3.05) is 14.1 Å². The molecule has 0 aromatic rings. The molecule has 0 radical (unpaired) electrons. The molecule has 0 spiro atoms. The topological polar surface area (TPSA) is 87.1 Å². The summed E-state index contributed by atoms with van der Waals surface area (Å²) in [6, 6.07) is 0. The van der Waals surface area contributed by atoms with Crippen molar-refractivity contribution >= 4 is 16.0 Å². The Morgan fingerprint density at radius 2 is 1.91 bits per heavy atom. The van der Waals surface area contributed by atoms with E-state index in [-0.39, 0.29) is 7.43 Å². The van der Waals surface area contributed by atoms with Gasteiger partial charge >= 0.3 is 16.0 Å². The van der Waals surface area contributed by atoms with Crippen LogP contribution in [0.15, 0.2) is 0 Å². The molecule has 2 atom stereocenters. The molecular weight excluding hydrogens is 192 g/mol. The molecule has 0 bridgehead atoms. The van der Waals surface area contributed by atoms with Gasteiger partial charge in [-0.1, -0.05) is 7.43 Å². The second-order valence-corrected chi connectivity index (χ2v) is 4.74. The Morgan fingerprint density at radius 3 is 2.00 bits per heavy atom. The highest BCUT2D eigenvalue weighted by Crippen LogP contribution is 2.50. The van der Waals surface area contributed by atoms with Crippen molar-refractivity contribution in [1.82, 2.24) is 4.67 Å². The molecular formula is C3H13NO5P2. The average molecular weight is 205 g/mol. The Balaban J connectivity index is 0. The van der Waals surface area contributed by atoms with E-state index in [9.17, 15) is 9.13 Å². The first-order chi connectivity index (χ1) is 4.36. The van der Waals surface area contributed by atoms with Gasteiger partial charge in [-0.05, 0) is 14.1 Å². The third-order valence-electron chi connectivity index (χ3n) is 0.702. The van der Waals surface area contributed by atoms with Gasteiger partial charge in [-0.15, -0.1) is 0 Å². The fourth-order valence-electron chi connectivity index (χ4n) is 0.183. The average Bonchev–Trinajstić information content (AvgIpc) is 1.60. The molecule has 8 heteroatoms. The van der Waals surface area contributed by atoms with Crippen LogP contribution in [0.25, 0.3) is 0 Å². The maximum Gasteiger partial charge on any atom is 0.412 e. The van der Waals surface area contributed by atoms with E-state index in [1.807, 2.05) is 0 Å². The molecule has 70 valence electrons. The fourth-order valence-corrected chi connectivity index (χ4v) is 1.65. The zero-order chi connectivity index (χ0) is 8.36. The van der Waals surface area contributed by atoms with Gasteiger partial charge in [0.15, 0.2) is 0 Å². The summed E-state index contributed by atoms with van der Waals surface area (Å²) in [7, 11) is -4.81. The lowest BCUT2D eigenvalue weighted by molar-refractivity contribution is 0.303. The van der Waals surface area contributed by atoms with Gasteiger partial charge in [-0.3, -0.25) is 4.57 Å². The minimum absolute atomic E-state index is 0. The molecule has 0 aromatic carbocycles. The molecule has 0 fully saturated rings. The lowest BCUT2D eigenvalue weighted by Gasteiger charge is -2.15. The van der Waals surface area contributed by atoms with Gasteiger partial charge in [0.2, 0.25) is 0 Å². The molecule has 2 unspecified atom stereocenters. The molecule has 0 aromatic heterocycles. The van der Waals surface area contributed by atoms with E-state index in [0.717, 1.165) is 4.67 Å². The van der Waals surface area contributed by atoms with Crippen LogP contribution in [0.4, 0.5) is 0 Å². The highest BCUT2D eigenvalue weighted by atomic mass is 31.2. The Morgan fingerprint density at radius 1 is 1.55 bits per heavy atom. The Hall–Kier alpha value is 0.300. The normalized spacial score (nSPS) is 18.6. The van der Waals surface area contributed by atoms with E-state index in [1.54, 1.807) is 0 Å². The molecule has 0 saturated heterocycles. The van der Waals surface area contributed by atoms with Gasteiger partial charge in [-0.2, -0.15) is 0 Å². The van der Waals surface area contributed by atoms with Crippen LogP contribution in [0.5, 0.6) is 0 Å². The summed E-state index contributed by atoms with van der Waals surface area (Å²) < 4.78 is 25.2. The summed E-state index contributed by atoms with van der Waals surface area (Å²) >= 11 is 0. The van der Waals surface area contributed by atoms with Gasteiger partial charge in [-0.25, -0.2) is 13.5 Å². The molecule has 2 N–H and O–H groups in total. The van der Waals surface area contributed by atoms with Crippen LogP contribution in [0.3, 0.4) is 0 Å². The number of hydrogen-bond donors (Lipinski definition) is 2. The van der Waals surface area contributed by atoms with Crippen molar-refractivity contribution in [3.63, 3.8) is 0 Å². The predicted octanol–water partition coefficient (Wildman–Crippen LogP) is 0.683.